The van der Waals surface area contributed by atoms with Crippen molar-refractivity contribution in [2.24, 2.45) is 5.92 Å². The number of aromatic nitrogens is 1. The zero-order valence-electron chi connectivity index (χ0n) is 12.1. The minimum Gasteiger partial charge on any atom is -0.302 e. The van der Waals surface area contributed by atoms with Crippen LogP contribution in [0.25, 0.3) is 10.2 Å². The number of amides is 1. The highest BCUT2D eigenvalue weighted by Crippen LogP contribution is 2.32. The minimum absolute atomic E-state index is 0.0877. The highest BCUT2D eigenvalue weighted by molar-refractivity contribution is 7.22. The van der Waals surface area contributed by atoms with Crippen molar-refractivity contribution in [1.82, 2.24) is 4.98 Å². The fourth-order valence-corrected chi connectivity index (χ4v) is 4.07. The van der Waals surface area contributed by atoms with Crippen LogP contribution in [0.15, 0.2) is 12.1 Å². The van der Waals surface area contributed by atoms with E-state index in [1.54, 1.807) is 0 Å². The van der Waals surface area contributed by atoms with E-state index in [2.05, 4.69) is 10.3 Å². The molecule has 0 atom stereocenters. The number of aryl methyl sites for hydroxylation is 1. The highest BCUT2D eigenvalue weighted by Gasteiger charge is 2.18. The number of hydrogen-bond donors (Lipinski definition) is 1. The second kappa shape index (κ2) is 6.32. The Kier molecular flexibility index (Phi) is 4.45. The first-order valence-electron chi connectivity index (χ1n) is 7.49. The van der Waals surface area contributed by atoms with Crippen molar-refractivity contribution in [3.8, 4) is 0 Å². The van der Waals surface area contributed by atoms with Crippen LogP contribution in [0.3, 0.4) is 0 Å². The molecule has 112 valence electrons. The molecule has 1 N–H and O–H groups in total. The van der Waals surface area contributed by atoms with Crippen LogP contribution in [-0.2, 0) is 4.79 Å². The Balaban J connectivity index is 1.69. The van der Waals surface area contributed by atoms with Crippen LogP contribution in [0.4, 0.5) is 5.13 Å². The molecule has 0 aliphatic heterocycles. The Morgan fingerprint density at radius 2 is 2.14 bits per heavy atom. The van der Waals surface area contributed by atoms with Crippen LogP contribution < -0.4 is 5.32 Å². The average molecular weight is 323 g/mol. The molecule has 0 unspecified atom stereocenters. The molecule has 1 aromatic carbocycles. The van der Waals surface area contributed by atoms with Gasteiger partial charge < -0.3 is 5.32 Å². The zero-order valence-corrected chi connectivity index (χ0v) is 13.7. The molecule has 5 heteroatoms. The maximum absolute atomic E-state index is 12.1. The lowest BCUT2D eigenvalue weighted by molar-refractivity contribution is -0.117. The third kappa shape index (κ3) is 3.38. The van der Waals surface area contributed by atoms with Gasteiger partial charge >= 0.3 is 0 Å². The van der Waals surface area contributed by atoms with Crippen LogP contribution in [0, 0.1) is 12.8 Å². The summed E-state index contributed by atoms with van der Waals surface area (Å²) in [4.78, 5) is 16.6. The summed E-state index contributed by atoms with van der Waals surface area (Å²) in [6, 6.07) is 3.84. The molecule has 0 spiro atoms. The number of thiazole rings is 1. The van der Waals surface area contributed by atoms with E-state index in [9.17, 15) is 4.79 Å². The summed E-state index contributed by atoms with van der Waals surface area (Å²) in [6.07, 6.45) is 6.82. The number of carbonyl (C=O) groups is 1. The molecule has 2 aromatic rings. The Hall–Kier alpha value is -1.13. The van der Waals surface area contributed by atoms with Crippen molar-refractivity contribution in [3.05, 3.63) is 22.7 Å². The first kappa shape index (κ1) is 14.8. The van der Waals surface area contributed by atoms with Crippen molar-refractivity contribution in [1.29, 1.82) is 0 Å². The predicted molar refractivity (Wildman–Crippen MR) is 89.2 cm³/mol. The molecule has 1 heterocycles. The number of nitrogens with zero attached hydrogens (tertiary/aromatic N) is 1. The zero-order chi connectivity index (χ0) is 14.8. The SMILES string of the molecule is Cc1c(Cl)ccc2sc(NC(=O)CC3CCCCC3)nc12. The quantitative estimate of drug-likeness (QED) is 0.847. The fourth-order valence-electron chi connectivity index (χ4n) is 2.98. The number of hydrogen-bond acceptors (Lipinski definition) is 3. The first-order valence-corrected chi connectivity index (χ1v) is 8.68. The second-order valence-corrected chi connectivity index (χ2v) is 7.23. The van der Waals surface area contributed by atoms with Gasteiger partial charge in [-0.1, -0.05) is 42.2 Å². The molecule has 1 aliphatic rings. The van der Waals surface area contributed by atoms with E-state index in [0.29, 0.717) is 22.5 Å². The van der Waals surface area contributed by atoms with E-state index >= 15 is 0 Å². The molecule has 3 nitrogen and oxygen atoms in total. The van der Waals surface area contributed by atoms with E-state index < -0.39 is 0 Å². The number of carbonyl (C=O) groups excluding carboxylic acids is 1. The lowest BCUT2D eigenvalue weighted by atomic mass is 9.87. The summed E-state index contributed by atoms with van der Waals surface area (Å²) in [5.41, 5.74) is 1.86. The Morgan fingerprint density at radius 3 is 2.90 bits per heavy atom. The van der Waals surface area contributed by atoms with Crippen LogP contribution in [0.5, 0.6) is 0 Å². The van der Waals surface area contributed by atoms with Gasteiger partial charge in [-0.25, -0.2) is 4.98 Å². The molecule has 1 aliphatic carbocycles. The normalized spacial score (nSPS) is 16.3. The maximum atomic E-state index is 12.1. The van der Waals surface area contributed by atoms with Gasteiger partial charge in [0.1, 0.15) is 0 Å². The number of fused-ring (bicyclic) bond motifs is 1. The van der Waals surface area contributed by atoms with E-state index in [4.69, 9.17) is 11.6 Å². The van der Waals surface area contributed by atoms with Gasteiger partial charge in [-0.3, -0.25) is 4.79 Å². The van der Waals surface area contributed by atoms with Crippen molar-refractivity contribution < 1.29 is 4.79 Å². The second-order valence-electron chi connectivity index (χ2n) is 5.79. The molecular weight excluding hydrogens is 304 g/mol. The molecule has 0 bridgehead atoms. The van der Waals surface area contributed by atoms with Gasteiger partial charge in [0.05, 0.1) is 10.2 Å². The fraction of sp³-hybridized carbons (Fsp3) is 0.500. The van der Waals surface area contributed by atoms with Crippen molar-refractivity contribution in [2.75, 3.05) is 5.32 Å². The molecule has 1 saturated carbocycles. The molecule has 1 amide bonds. The molecule has 1 aromatic heterocycles. The molecule has 21 heavy (non-hydrogen) atoms. The first-order chi connectivity index (χ1) is 10.1. The summed E-state index contributed by atoms with van der Waals surface area (Å²) >= 11 is 7.62. The van der Waals surface area contributed by atoms with Gasteiger partial charge in [0.2, 0.25) is 5.91 Å². The number of halogens is 1. The lowest BCUT2D eigenvalue weighted by Gasteiger charge is -2.20. The van der Waals surface area contributed by atoms with Crippen molar-refractivity contribution >= 4 is 44.2 Å². The maximum Gasteiger partial charge on any atom is 0.226 e. The van der Waals surface area contributed by atoms with Gasteiger partial charge in [0.25, 0.3) is 0 Å². The van der Waals surface area contributed by atoms with Crippen LogP contribution in [-0.4, -0.2) is 10.9 Å². The van der Waals surface area contributed by atoms with Gasteiger partial charge in [0.15, 0.2) is 5.13 Å². The standard InChI is InChI=1S/C16H19ClN2OS/c1-10-12(17)7-8-13-15(10)19-16(21-13)18-14(20)9-11-5-3-2-4-6-11/h7-8,11H,2-6,9H2,1H3,(H,18,19,20). The Labute approximate surface area is 133 Å². The number of nitrogens with one attached hydrogen (secondary N) is 1. The molecule has 3 rings (SSSR count). The average Bonchev–Trinajstić information content (AvgIpc) is 2.87. The van der Waals surface area contributed by atoms with Gasteiger partial charge in [-0.2, -0.15) is 0 Å². The van der Waals surface area contributed by atoms with Crippen molar-refractivity contribution in [2.45, 2.75) is 45.4 Å². The molecule has 1 fully saturated rings. The number of anilines is 1. The topological polar surface area (TPSA) is 42.0 Å². The summed E-state index contributed by atoms with van der Waals surface area (Å²) < 4.78 is 1.06. The van der Waals surface area contributed by atoms with Crippen molar-refractivity contribution in [3.63, 3.8) is 0 Å². The summed E-state index contributed by atoms with van der Waals surface area (Å²) in [5.74, 6) is 0.633. The third-order valence-corrected chi connectivity index (χ3v) is 5.54. The lowest BCUT2D eigenvalue weighted by Crippen LogP contribution is -2.18. The molecule has 0 radical (unpaired) electrons. The molecule has 0 saturated heterocycles. The van der Waals surface area contributed by atoms with Crippen LogP contribution in [0.2, 0.25) is 5.02 Å². The summed E-state index contributed by atoms with van der Waals surface area (Å²) in [5, 5.41) is 4.34. The highest BCUT2D eigenvalue weighted by atomic mass is 35.5. The number of benzene rings is 1. The molecular formula is C16H19ClN2OS. The van der Waals surface area contributed by atoms with Crippen LogP contribution in [0.1, 0.15) is 44.1 Å². The van der Waals surface area contributed by atoms with Gasteiger partial charge in [-0.05, 0) is 43.4 Å². The van der Waals surface area contributed by atoms with E-state index in [1.807, 2.05) is 19.1 Å². The predicted octanol–water partition coefficient (Wildman–Crippen LogP) is 5.17. The summed E-state index contributed by atoms with van der Waals surface area (Å²) in [6.45, 7) is 1.96. The Bertz CT molecular complexity index is 662. The monoisotopic (exact) mass is 322 g/mol. The van der Waals surface area contributed by atoms with E-state index in [-0.39, 0.29) is 5.91 Å². The minimum atomic E-state index is 0.0877. The van der Waals surface area contributed by atoms with Gasteiger partial charge in [0, 0.05) is 11.4 Å². The smallest absolute Gasteiger partial charge is 0.226 e. The van der Waals surface area contributed by atoms with E-state index in [1.165, 1.54) is 43.4 Å². The summed E-state index contributed by atoms with van der Waals surface area (Å²) in [7, 11) is 0. The van der Waals surface area contributed by atoms with Gasteiger partial charge in [-0.15, -0.1) is 0 Å². The van der Waals surface area contributed by atoms with Crippen LogP contribution >= 0.6 is 22.9 Å². The largest absolute Gasteiger partial charge is 0.302 e. The van der Waals surface area contributed by atoms with E-state index in [0.717, 1.165) is 15.8 Å². The Morgan fingerprint density at radius 1 is 1.38 bits per heavy atom. The third-order valence-electron chi connectivity index (χ3n) is 4.19. The number of rotatable bonds is 3.